The van der Waals surface area contributed by atoms with Gasteiger partial charge in [0.2, 0.25) is 5.91 Å². The summed E-state index contributed by atoms with van der Waals surface area (Å²) in [4.78, 5) is 12.5. The number of amides is 1. The molecule has 1 aliphatic rings. The minimum absolute atomic E-state index is 0.0682. The van der Waals surface area contributed by atoms with Crippen LogP contribution in [0.4, 0.5) is 17.6 Å². The third-order valence-electron chi connectivity index (χ3n) is 3.40. The van der Waals surface area contributed by atoms with E-state index >= 15 is 0 Å². The molecule has 0 aliphatic carbocycles. The molecule has 1 heterocycles. The van der Waals surface area contributed by atoms with Crippen LogP contribution in [0.3, 0.4) is 0 Å². The lowest BCUT2D eigenvalue weighted by molar-refractivity contribution is -0.150. The average molecular weight is 339 g/mol. The molecule has 1 aromatic carbocycles. The first-order valence-electron chi connectivity index (χ1n) is 6.43. The monoisotopic (exact) mass is 339 g/mol. The topological polar surface area (TPSA) is 54.5 Å². The van der Waals surface area contributed by atoms with Crippen LogP contribution in [0.5, 0.6) is 0 Å². The summed E-state index contributed by atoms with van der Waals surface area (Å²) in [6.45, 7) is -0.285. The molecular weight excluding hydrogens is 326 g/mol. The van der Waals surface area contributed by atoms with E-state index in [0.717, 1.165) is 29.2 Å². The van der Waals surface area contributed by atoms with Crippen LogP contribution in [0.2, 0.25) is 0 Å². The van der Waals surface area contributed by atoms with Crippen molar-refractivity contribution in [2.75, 3.05) is 13.1 Å². The van der Waals surface area contributed by atoms with Crippen LogP contribution >= 0.6 is 0 Å². The zero-order chi connectivity index (χ0) is 16.5. The van der Waals surface area contributed by atoms with Crippen molar-refractivity contribution < 1.29 is 30.8 Å². The van der Waals surface area contributed by atoms with E-state index in [4.69, 9.17) is 0 Å². The van der Waals surface area contributed by atoms with Crippen molar-refractivity contribution in [2.24, 2.45) is 0 Å². The van der Waals surface area contributed by atoms with Gasteiger partial charge in [0.1, 0.15) is 11.1 Å². The number of likely N-dealkylation sites (tertiary alicyclic amines) is 1. The van der Waals surface area contributed by atoms with Gasteiger partial charge in [-0.2, -0.15) is 13.2 Å². The van der Waals surface area contributed by atoms with Gasteiger partial charge in [-0.15, -0.1) is 0 Å². The smallest absolute Gasteiger partial charge is 0.340 e. The van der Waals surface area contributed by atoms with E-state index in [1.54, 1.807) is 0 Å². The molecule has 0 radical (unpaired) electrons. The minimum atomic E-state index is -4.42. The number of carbonyl (C=O) groups excluding carboxylic acids is 1. The number of rotatable bonds is 4. The van der Waals surface area contributed by atoms with Crippen LogP contribution in [0.25, 0.3) is 0 Å². The van der Waals surface area contributed by atoms with Gasteiger partial charge in [0.15, 0.2) is 9.84 Å². The van der Waals surface area contributed by atoms with E-state index in [1.807, 2.05) is 0 Å². The lowest BCUT2D eigenvalue weighted by atomic mass is 10.1. The second kappa shape index (κ2) is 5.86. The van der Waals surface area contributed by atoms with Crippen LogP contribution in [0, 0.1) is 5.82 Å². The van der Waals surface area contributed by atoms with Crippen molar-refractivity contribution >= 4 is 15.7 Å². The first-order valence-corrected chi connectivity index (χ1v) is 7.98. The maximum absolute atomic E-state index is 12.8. The molecule has 0 aromatic heterocycles. The van der Waals surface area contributed by atoms with Gasteiger partial charge >= 0.3 is 6.18 Å². The van der Waals surface area contributed by atoms with Gasteiger partial charge in [-0.1, -0.05) is 0 Å². The summed E-state index contributed by atoms with van der Waals surface area (Å²) in [5.41, 5.74) is 0. The summed E-state index contributed by atoms with van der Waals surface area (Å²) in [6.07, 6.45) is -6.33. The summed E-state index contributed by atoms with van der Waals surface area (Å²) in [5, 5.41) is -0.868. The fourth-order valence-corrected chi connectivity index (χ4v) is 3.71. The number of carbonyl (C=O) groups is 1. The number of benzene rings is 1. The van der Waals surface area contributed by atoms with Crippen molar-refractivity contribution in [3.05, 3.63) is 30.1 Å². The predicted octanol–water partition coefficient (Wildman–Crippen LogP) is 2.15. The molecule has 1 amide bonds. The summed E-state index contributed by atoms with van der Waals surface area (Å²) >= 11 is 0. The summed E-state index contributed by atoms with van der Waals surface area (Å²) in [7, 11) is -3.71. The van der Waals surface area contributed by atoms with Gasteiger partial charge in [-0.25, -0.2) is 12.8 Å². The molecule has 0 spiro atoms. The van der Waals surface area contributed by atoms with Gasteiger partial charge < -0.3 is 4.90 Å². The summed E-state index contributed by atoms with van der Waals surface area (Å²) in [5.74, 6) is -1.29. The molecule has 0 atom stereocenters. The predicted molar refractivity (Wildman–Crippen MR) is 69.2 cm³/mol. The highest BCUT2D eigenvalue weighted by atomic mass is 32.2. The second-order valence-electron chi connectivity index (χ2n) is 5.03. The molecule has 4 nitrogen and oxygen atoms in total. The zero-order valence-electron chi connectivity index (χ0n) is 11.3. The van der Waals surface area contributed by atoms with E-state index in [2.05, 4.69) is 0 Å². The molecule has 0 saturated carbocycles. The Hall–Kier alpha value is -1.64. The van der Waals surface area contributed by atoms with Crippen LogP contribution in [-0.2, 0) is 14.6 Å². The molecule has 0 bridgehead atoms. The largest absolute Gasteiger partial charge is 0.389 e. The normalized spacial score (nSPS) is 16.5. The minimum Gasteiger partial charge on any atom is -0.340 e. The van der Waals surface area contributed by atoms with Crippen molar-refractivity contribution in [3.8, 4) is 0 Å². The zero-order valence-corrected chi connectivity index (χ0v) is 12.1. The van der Waals surface area contributed by atoms with Crippen LogP contribution in [-0.4, -0.2) is 43.7 Å². The standard InChI is InChI=1S/C13H13F4NO3S/c14-9-1-3-10(4-2-9)22(20,21)11-7-18(8-11)12(19)5-6-13(15,16)17/h1-4,11H,5-8H2. The Kier molecular flexibility index (Phi) is 4.46. The van der Waals surface area contributed by atoms with Crippen LogP contribution in [0.15, 0.2) is 29.2 Å². The molecule has 0 N–H and O–H groups in total. The van der Waals surface area contributed by atoms with Gasteiger partial charge in [-0.3, -0.25) is 4.79 Å². The van der Waals surface area contributed by atoms with Crippen molar-refractivity contribution in [3.63, 3.8) is 0 Å². The third kappa shape index (κ3) is 3.76. The summed E-state index contributed by atoms with van der Waals surface area (Å²) in [6, 6.07) is 4.27. The van der Waals surface area contributed by atoms with Gasteiger partial charge in [0, 0.05) is 19.5 Å². The van der Waals surface area contributed by atoms with E-state index in [0.29, 0.717) is 0 Å². The molecule has 22 heavy (non-hydrogen) atoms. The fraction of sp³-hybridized carbons (Fsp3) is 0.462. The Morgan fingerprint density at radius 3 is 2.23 bits per heavy atom. The average Bonchev–Trinajstić information content (AvgIpc) is 2.34. The SMILES string of the molecule is O=C(CCC(F)(F)F)N1CC(S(=O)(=O)c2ccc(F)cc2)C1. The number of hydrogen-bond donors (Lipinski definition) is 0. The van der Waals surface area contributed by atoms with Crippen molar-refractivity contribution in [1.29, 1.82) is 0 Å². The molecule has 2 rings (SSSR count). The number of alkyl halides is 3. The molecule has 1 fully saturated rings. The van der Waals surface area contributed by atoms with Crippen molar-refractivity contribution in [2.45, 2.75) is 29.2 Å². The van der Waals surface area contributed by atoms with E-state index < -0.39 is 45.8 Å². The van der Waals surface area contributed by atoms with E-state index in [-0.39, 0.29) is 18.0 Å². The first kappa shape index (κ1) is 16.7. The maximum atomic E-state index is 12.8. The van der Waals surface area contributed by atoms with E-state index in [1.165, 1.54) is 0 Å². The van der Waals surface area contributed by atoms with Gasteiger partial charge in [0.25, 0.3) is 0 Å². The molecule has 122 valence electrons. The van der Waals surface area contributed by atoms with Crippen LogP contribution in [0.1, 0.15) is 12.8 Å². The Morgan fingerprint density at radius 1 is 1.18 bits per heavy atom. The molecular formula is C13H13F4NO3S. The van der Waals surface area contributed by atoms with Gasteiger partial charge in [0.05, 0.1) is 11.3 Å². The second-order valence-corrected chi connectivity index (χ2v) is 7.26. The number of hydrogen-bond acceptors (Lipinski definition) is 3. The molecule has 1 aliphatic heterocycles. The summed E-state index contributed by atoms with van der Waals surface area (Å²) < 4.78 is 73.2. The van der Waals surface area contributed by atoms with Crippen molar-refractivity contribution in [1.82, 2.24) is 4.90 Å². The molecule has 1 saturated heterocycles. The highest BCUT2D eigenvalue weighted by Crippen LogP contribution is 2.26. The fourth-order valence-electron chi connectivity index (χ4n) is 2.06. The van der Waals surface area contributed by atoms with E-state index in [9.17, 15) is 30.8 Å². The molecule has 1 aromatic rings. The molecule has 0 unspecified atom stereocenters. The highest BCUT2D eigenvalue weighted by molar-refractivity contribution is 7.92. The Morgan fingerprint density at radius 2 is 1.73 bits per heavy atom. The van der Waals surface area contributed by atoms with Gasteiger partial charge in [-0.05, 0) is 24.3 Å². The maximum Gasteiger partial charge on any atom is 0.389 e. The first-order chi connectivity index (χ1) is 10.1. The molecule has 9 heteroatoms. The Labute approximate surface area is 124 Å². The number of nitrogens with zero attached hydrogens (tertiary/aromatic N) is 1. The lowest BCUT2D eigenvalue weighted by Gasteiger charge is -2.38. The quantitative estimate of drug-likeness (QED) is 0.624. The highest BCUT2D eigenvalue weighted by Gasteiger charge is 2.41. The number of sulfone groups is 1. The Balaban J connectivity index is 1.93. The lowest BCUT2D eigenvalue weighted by Crippen LogP contribution is -2.56. The number of halogens is 4. The third-order valence-corrected chi connectivity index (χ3v) is 5.51. The van der Waals surface area contributed by atoms with Crippen LogP contribution < -0.4 is 0 Å². The Bertz CT molecular complexity index is 649.